The molecule has 1 saturated heterocycles. The zero-order chi connectivity index (χ0) is 29.9. The highest BCUT2D eigenvalue weighted by Crippen LogP contribution is 2.43. The third-order valence-electron chi connectivity index (χ3n) is 7.30. The first-order valence-corrected chi connectivity index (χ1v) is 17.2. The molecule has 1 amide bonds. The summed E-state index contributed by atoms with van der Waals surface area (Å²) in [6.07, 6.45) is 3.96. The fraction of sp³-hybridized carbons (Fsp3) is 0.433. The van der Waals surface area contributed by atoms with Crippen LogP contribution in [0, 0.1) is 9.39 Å². The van der Waals surface area contributed by atoms with E-state index in [1.54, 1.807) is 27.8 Å². The van der Waals surface area contributed by atoms with E-state index in [-0.39, 0.29) is 29.6 Å². The van der Waals surface area contributed by atoms with Crippen LogP contribution >= 0.6 is 33.9 Å². The Balaban J connectivity index is 1.70. The second kappa shape index (κ2) is 13.1. The molecule has 41 heavy (non-hydrogen) atoms. The number of thiophene rings is 1. The van der Waals surface area contributed by atoms with Gasteiger partial charge in [0, 0.05) is 14.3 Å². The van der Waals surface area contributed by atoms with Gasteiger partial charge in [-0.2, -0.15) is 8.42 Å². The molecule has 0 spiro atoms. The first-order chi connectivity index (χ1) is 19.5. The van der Waals surface area contributed by atoms with Crippen LogP contribution in [0.1, 0.15) is 72.6 Å². The van der Waals surface area contributed by atoms with Crippen LogP contribution in [0.2, 0.25) is 0 Å². The Bertz CT molecular complexity index is 1530. The van der Waals surface area contributed by atoms with Gasteiger partial charge in [0.1, 0.15) is 16.3 Å². The number of aryl methyl sites for hydroxylation is 2. The van der Waals surface area contributed by atoms with Crippen LogP contribution in [-0.4, -0.2) is 44.5 Å². The van der Waals surface area contributed by atoms with Crippen molar-refractivity contribution in [3.05, 3.63) is 72.2 Å². The molecule has 1 aromatic heterocycles. The van der Waals surface area contributed by atoms with Gasteiger partial charge in [0.15, 0.2) is 0 Å². The van der Waals surface area contributed by atoms with Crippen LogP contribution in [0.25, 0.3) is 0 Å². The number of aliphatic hydroxyl groups is 1. The summed E-state index contributed by atoms with van der Waals surface area (Å²) in [6, 6.07) is 6.73. The van der Waals surface area contributed by atoms with E-state index in [4.69, 9.17) is 4.18 Å². The quantitative estimate of drug-likeness (QED) is 0.159. The Hall–Kier alpha value is -2.06. The van der Waals surface area contributed by atoms with Gasteiger partial charge in [-0.15, -0.1) is 11.3 Å². The highest BCUT2D eigenvalue weighted by atomic mass is 127. The molecule has 7 nitrogen and oxygen atoms in total. The highest BCUT2D eigenvalue weighted by Gasteiger charge is 2.49. The molecule has 0 atom stereocenters. The summed E-state index contributed by atoms with van der Waals surface area (Å²) in [5.74, 6) is -0.703. The predicted molar refractivity (Wildman–Crippen MR) is 169 cm³/mol. The molecular weight excluding hydrogens is 678 g/mol. The molecule has 0 aliphatic carbocycles. The number of nitrogens with zero attached hydrogens (tertiary/aromatic N) is 1. The molecule has 2 N–H and O–H groups in total. The summed E-state index contributed by atoms with van der Waals surface area (Å²) in [7, 11) is -2.88. The number of likely N-dealkylation sites (tertiary alicyclic amines) is 1. The van der Waals surface area contributed by atoms with Crippen molar-refractivity contribution in [3.63, 3.8) is 0 Å². The average molecular weight is 715 g/mol. The molecule has 0 unspecified atom stereocenters. The van der Waals surface area contributed by atoms with Crippen molar-refractivity contribution in [1.82, 2.24) is 4.90 Å². The molecule has 222 valence electrons. The molecule has 1 fully saturated rings. The van der Waals surface area contributed by atoms with Gasteiger partial charge in [0.25, 0.3) is 16.0 Å². The van der Waals surface area contributed by atoms with Gasteiger partial charge < -0.3 is 15.3 Å². The maximum Gasteiger partial charge on any atom is 0.297 e. The van der Waals surface area contributed by atoms with Crippen molar-refractivity contribution >= 4 is 61.3 Å². The lowest BCUT2D eigenvalue weighted by molar-refractivity contribution is -0.0875. The van der Waals surface area contributed by atoms with Crippen molar-refractivity contribution in [1.29, 1.82) is 0 Å². The van der Waals surface area contributed by atoms with Crippen molar-refractivity contribution in [2.45, 2.75) is 69.8 Å². The lowest BCUT2D eigenvalue weighted by Crippen LogP contribution is -2.62. The van der Waals surface area contributed by atoms with Crippen LogP contribution in [0.5, 0.6) is 0 Å². The molecule has 3 aromatic rings. The van der Waals surface area contributed by atoms with Crippen molar-refractivity contribution in [3.8, 4) is 0 Å². The Morgan fingerprint density at radius 1 is 1.07 bits per heavy atom. The second-order valence-electron chi connectivity index (χ2n) is 10.4. The summed E-state index contributed by atoms with van der Waals surface area (Å²) in [5, 5.41) is 18.5. The topological polar surface area (TPSA) is 95.9 Å². The second-order valence-corrected chi connectivity index (χ2v) is 14.0. The van der Waals surface area contributed by atoms with Gasteiger partial charge in [0.05, 0.1) is 37.1 Å². The molecule has 0 bridgehead atoms. The highest BCUT2D eigenvalue weighted by molar-refractivity contribution is 14.1. The third-order valence-corrected chi connectivity index (χ3v) is 10.2. The maximum atomic E-state index is 14.5. The number of β-amino-alcohol motifs (C(OH)–C–C–N with tert-alkyl or cyclic N) is 1. The van der Waals surface area contributed by atoms with E-state index in [2.05, 4.69) is 5.32 Å². The van der Waals surface area contributed by atoms with Gasteiger partial charge in [-0.1, -0.05) is 46.1 Å². The first kappa shape index (κ1) is 31.9. The molecule has 4 rings (SSSR count). The van der Waals surface area contributed by atoms with Crippen LogP contribution in [-0.2, 0) is 39.2 Å². The van der Waals surface area contributed by atoms with E-state index in [9.17, 15) is 22.7 Å². The molecule has 0 saturated carbocycles. The van der Waals surface area contributed by atoms with E-state index >= 15 is 0 Å². The third kappa shape index (κ3) is 6.48. The summed E-state index contributed by atoms with van der Waals surface area (Å²) in [6.45, 7) is 6.06. The predicted octanol–water partition coefficient (Wildman–Crippen LogP) is 6.77. The summed E-state index contributed by atoms with van der Waals surface area (Å²) < 4.78 is 46.6. The zero-order valence-electron chi connectivity index (χ0n) is 23.7. The van der Waals surface area contributed by atoms with E-state index < -0.39 is 21.5 Å². The van der Waals surface area contributed by atoms with Gasteiger partial charge in [-0.05, 0) is 82.3 Å². The Morgan fingerprint density at radius 3 is 2.34 bits per heavy atom. The first-order valence-electron chi connectivity index (χ1n) is 13.8. The van der Waals surface area contributed by atoms with E-state index in [1.807, 2.05) is 49.4 Å². The number of anilines is 2. The average Bonchev–Trinajstić information content (AvgIpc) is 3.37. The van der Waals surface area contributed by atoms with E-state index in [0.29, 0.717) is 53.6 Å². The van der Waals surface area contributed by atoms with E-state index in [0.717, 1.165) is 29.1 Å². The Kier molecular flexibility index (Phi) is 10.2. The summed E-state index contributed by atoms with van der Waals surface area (Å²) in [5.41, 5.74) is 2.55. The molecule has 2 heterocycles. The Labute approximate surface area is 259 Å². The molecule has 1 aliphatic heterocycles. The minimum Gasteiger partial charge on any atom is -0.381 e. The standard InChI is InChI=1S/C30H36FIN2O5S2/c1-5-8-19-13-20(9-6-2)28(41(37,38)39-4)22(10-7-3)27(19)30(36)17-34(18-30)29(35)23-15-40-16-26(23)33-25-12-11-21(32)14-24(25)31/h11-16,33,36H,5-10,17-18H2,1-4H3. The van der Waals surface area contributed by atoms with Crippen LogP contribution < -0.4 is 5.32 Å². The number of hydrogen-bond acceptors (Lipinski definition) is 7. The molecular formula is C30H36FIN2O5S2. The molecule has 2 aromatic carbocycles. The fourth-order valence-electron chi connectivity index (χ4n) is 5.59. The smallest absolute Gasteiger partial charge is 0.297 e. The SMILES string of the molecule is CCCc1cc(CCC)c(S(=O)(=O)OC)c(CCC)c1C1(O)CN(C(=O)c2cscc2Nc2ccc(I)cc2F)C1. The number of nitrogens with one attached hydrogen (secondary N) is 1. The fourth-order valence-corrected chi connectivity index (χ4v) is 7.95. The summed E-state index contributed by atoms with van der Waals surface area (Å²) >= 11 is 3.36. The van der Waals surface area contributed by atoms with Gasteiger partial charge in [-0.25, -0.2) is 4.39 Å². The number of carbonyl (C=O) groups excluding carboxylic acids is 1. The van der Waals surface area contributed by atoms with Crippen LogP contribution in [0.4, 0.5) is 15.8 Å². The van der Waals surface area contributed by atoms with Crippen molar-refractivity contribution < 1.29 is 26.9 Å². The minimum atomic E-state index is -4.04. The zero-order valence-corrected chi connectivity index (χ0v) is 27.5. The number of halogens is 2. The number of rotatable bonds is 12. The lowest BCUT2D eigenvalue weighted by atomic mass is 9.77. The number of hydrogen-bond donors (Lipinski definition) is 2. The van der Waals surface area contributed by atoms with Gasteiger partial charge in [-0.3, -0.25) is 8.98 Å². The normalized spacial score (nSPS) is 14.7. The minimum absolute atomic E-state index is 0.0199. The maximum absolute atomic E-state index is 14.5. The number of benzene rings is 2. The monoisotopic (exact) mass is 714 g/mol. The Morgan fingerprint density at radius 2 is 1.73 bits per heavy atom. The number of carbonyl (C=O) groups is 1. The van der Waals surface area contributed by atoms with Crippen LogP contribution in [0.15, 0.2) is 39.9 Å². The van der Waals surface area contributed by atoms with Gasteiger partial charge in [0.2, 0.25) is 0 Å². The van der Waals surface area contributed by atoms with Gasteiger partial charge >= 0.3 is 0 Å². The van der Waals surface area contributed by atoms with E-state index in [1.165, 1.54) is 17.4 Å². The lowest BCUT2D eigenvalue weighted by Gasteiger charge is -2.48. The van der Waals surface area contributed by atoms with Crippen molar-refractivity contribution in [2.24, 2.45) is 0 Å². The van der Waals surface area contributed by atoms with Crippen LogP contribution in [0.3, 0.4) is 0 Å². The molecule has 11 heteroatoms. The summed E-state index contributed by atoms with van der Waals surface area (Å²) in [4.78, 5) is 15.3. The molecule has 0 radical (unpaired) electrons. The molecule has 1 aliphatic rings. The largest absolute Gasteiger partial charge is 0.381 e. The van der Waals surface area contributed by atoms with Crippen molar-refractivity contribution in [2.75, 3.05) is 25.5 Å². The number of amides is 1.